The molecule has 0 amide bonds. The van der Waals surface area contributed by atoms with E-state index in [0.717, 1.165) is 17.9 Å². The molecule has 2 fully saturated rings. The van der Waals surface area contributed by atoms with Crippen LogP contribution in [0.5, 0.6) is 0 Å². The molecular formula is C14H29N3. The average molecular weight is 239 g/mol. The van der Waals surface area contributed by atoms with Crippen molar-refractivity contribution < 1.29 is 0 Å². The van der Waals surface area contributed by atoms with Gasteiger partial charge in [0.2, 0.25) is 0 Å². The summed E-state index contributed by atoms with van der Waals surface area (Å²) >= 11 is 0. The van der Waals surface area contributed by atoms with Crippen molar-refractivity contribution in [1.29, 1.82) is 0 Å². The van der Waals surface area contributed by atoms with Crippen molar-refractivity contribution in [3.8, 4) is 0 Å². The Labute approximate surface area is 106 Å². The standard InChI is InChI=1S/C14H29N3/c1-16-13-7-5-11(6-8-13)14(15)12-4-3-9-17(2)10-12/h11-14,16H,3-10,15H2,1-2H3. The Morgan fingerprint density at radius 2 is 1.82 bits per heavy atom. The number of nitrogens with two attached hydrogens (primary N) is 1. The molecule has 3 heteroatoms. The van der Waals surface area contributed by atoms with Crippen LogP contribution in [0.1, 0.15) is 38.5 Å². The summed E-state index contributed by atoms with van der Waals surface area (Å²) < 4.78 is 0. The van der Waals surface area contributed by atoms with Crippen LogP contribution < -0.4 is 11.1 Å². The van der Waals surface area contributed by atoms with Gasteiger partial charge in [-0.3, -0.25) is 0 Å². The van der Waals surface area contributed by atoms with Crippen molar-refractivity contribution in [2.75, 3.05) is 27.2 Å². The van der Waals surface area contributed by atoms with E-state index in [2.05, 4.69) is 24.3 Å². The van der Waals surface area contributed by atoms with Gasteiger partial charge in [-0.25, -0.2) is 0 Å². The first-order valence-corrected chi connectivity index (χ1v) is 7.32. The first-order chi connectivity index (χ1) is 8.20. The Morgan fingerprint density at radius 3 is 2.41 bits per heavy atom. The summed E-state index contributed by atoms with van der Waals surface area (Å²) in [6.07, 6.45) is 7.97. The molecule has 0 aromatic carbocycles. The van der Waals surface area contributed by atoms with Gasteiger partial charge in [0.05, 0.1) is 0 Å². The van der Waals surface area contributed by atoms with Crippen molar-refractivity contribution in [3.05, 3.63) is 0 Å². The number of hydrogen-bond donors (Lipinski definition) is 2. The van der Waals surface area contributed by atoms with Crippen LogP contribution in [-0.4, -0.2) is 44.2 Å². The first-order valence-electron chi connectivity index (χ1n) is 7.32. The molecule has 3 N–H and O–H groups in total. The lowest BCUT2D eigenvalue weighted by molar-refractivity contribution is 0.142. The third kappa shape index (κ3) is 3.43. The Balaban J connectivity index is 1.81. The van der Waals surface area contributed by atoms with Gasteiger partial charge in [0.25, 0.3) is 0 Å². The third-order valence-electron chi connectivity index (χ3n) is 4.93. The largest absolute Gasteiger partial charge is 0.327 e. The van der Waals surface area contributed by atoms with Gasteiger partial charge >= 0.3 is 0 Å². The third-order valence-corrected chi connectivity index (χ3v) is 4.93. The highest BCUT2D eigenvalue weighted by Gasteiger charge is 2.31. The van der Waals surface area contributed by atoms with Crippen molar-refractivity contribution in [2.45, 2.75) is 50.6 Å². The zero-order valence-corrected chi connectivity index (χ0v) is 11.5. The molecule has 0 bridgehead atoms. The Morgan fingerprint density at radius 1 is 1.12 bits per heavy atom. The molecule has 0 radical (unpaired) electrons. The number of piperidine rings is 1. The molecule has 1 saturated carbocycles. The van der Waals surface area contributed by atoms with Gasteiger partial charge in [0.1, 0.15) is 0 Å². The highest BCUT2D eigenvalue weighted by atomic mass is 15.1. The SMILES string of the molecule is CNC1CCC(C(N)C2CCCN(C)C2)CC1. The zero-order valence-electron chi connectivity index (χ0n) is 11.5. The normalized spacial score (nSPS) is 37.9. The lowest BCUT2D eigenvalue weighted by atomic mass is 9.75. The second-order valence-corrected chi connectivity index (χ2v) is 6.14. The minimum Gasteiger partial charge on any atom is -0.327 e. The maximum atomic E-state index is 6.53. The second kappa shape index (κ2) is 6.17. The molecule has 17 heavy (non-hydrogen) atoms. The number of nitrogens with one attached hydrogen (secondary N) is 1. The summed E-state index contributed by atoms with van der Waals surface area (Å²) in [7, 11) is 4.32. The Kier molecular flexibility index (Phi) is 4.83. The maximum absolute atomic E-state index is 6.53. The molecular weight excluding hydrogens is 210 g/mol. The number of hydrogen-bond acceptors (Lipinski definition) is 3. The van der Waals surface area contributed by atoms with Gasteiger partial charge in [0.15, 0.2) is 0 Å². The summed E-state index contributed by atoms with van der Waals surface area (Å²) in [5.41, 5.74) is 6.53. The fraction of sp³-hybridized carbons (Fsp3) is 1.00. The molecule has 1 aliphatic heterocycles. The number of rotatable bonds is 3. The van der Waals surface area contributed by atoms with Crippen LogP contribution in [0.3, 0.4) is 0 Å². The first kappa shape index (κ1) is 13.3. The van der Waals surface area contributed by atoms with E-state index < -0.39 is 0 Å². The Hall–Kier alpha value is -0.120. The van der Waals surface area contributed by atoms with E-state index in [9.17, 15) is 0 Å². The van der Waals surface area contributed by atoms with Crippen LogP contribution >= 0.6 is 0 Å². The molecule has 0 aromatic rings. The van der Waals surface area contributed by atoms with Gasteiger partial charge in [-0.1, -0.05) is 0 Å². The van der Waals surface area contributed by atoms with E-state index in [4.69, 9.17) is 5.73 Å². The minimum absolute atomic E-state index is 0.440. The molecule has 1 heterocycles. The van der Waals surface area contributed by atoms with E-state index in [1.54, 1.807) is 0 Å². The van der Waals surface area contributed by atoms with E-state index in [0.29, 0.717) is 6.04 Å². The van der Waals surface area contributed by atoms with Crippen LogP contribution in [0.15, 0.2) is 0 Å². The zero-order chi connectivity index (χ0) is 12.3. The van der Waals surface area contributed by atoms with Crippen LogP contribution in [-0.2, 0) is 0 Å². The number of likely N-dealkylation sites (tertiary alicyclic amines) is 1. The summed E-state index contributed by atoms with van der Waals surface area (Å²) in [6.45, 7) is 2.48. The predicted molar refractivity (Wildman–Crippen MR) is 73.0 cm³/mol. The van der Waals surface area contributed by atoms with E-state index in [1.165, 1.54) is 51.6 Å². The highest BCUT2D eigenvalue weighted by Crippen LogP contribution is 2.31. The highest BCUT2D eigenvalue weighted by molar-refractivity contribution is 4.88. The minimum atomic E-state index is 0.440. The van der Waals surface area contributed by atoms with E-state index in [1.807, 2.05) is 0 Å². The van der Waals surface area contributed by atoms with Crippen molar-refractivity contribution in [3.63, 3.8) is 0 Å². The molecule has 3 nitrogen and oxygen atoms in total. The summed E-state index contributed by atoms with van der Waals surface area (Å²) in [6, 6.07) is 1.18. The molecule has 0 aromatic heterocycles. The van der Waals surface area contributed by atoms with Crippen molar-refractivity contribution in [2.24, 2.45) is 17.6 Å². The number of nitrogens with zero attached hydrogens (tertiary/aromatic N) is 1. The van der Waals surface area contributed by atoms with Crippen molar-refractivity contribution in [1.82, 2.24) is 10.2 Å². The van der Waals surface area contributed by atoms with Crippen LogP contribution in [0, 0.1) is 11.8 Å². The van der Waals surface area contributed by atoms with Gasteiger partial charge in [-0.15, -0.1) is 0 Å². The summed E-state index contributed by atoms with van der Waals surface area (Å²) in [5, 5.41) is 3.40. The summed E-state index contributed by atoms with van der Waals surface area (Å²) in [4.78, 5) is 2.45. The average Bonchev–Trinajstić information content (AvgIpc) is 2.38. The van der Waals surface area contributed by atoms with E-state index >= 15 is 0 Å². The quantitative estimate of drug-likeness (QED) is 0.783. The van der Waals surface area contributed by atoms with Gasteiger partial charge < -0.3 is 16.0 Å². The fourth-order valence-electron chi connectivity index (χ4n) is 3.70. The van der Waals surface area contributed by atoms with Crippen LogP contribution in [0.25, 0.3) is 0 Å². The molecule has 0 spiro atoms. The molecule has 100 valence electrons. The van der Waals surface area contributed by atoms with E-state index in [-0.39, 0.29) is 0 Å². The Bertz CT molecular complexity index is 224. The smallest absolute Gasteiger partial charge is 0.0108 e. The van der Waals surface area contributed by atoms with Crippen LogP contribution in [0.4, 0.5) is 0 Å². The second-order valence-electron chi connectivity index (χ2n) is 6.14. The molecule has 1 saturated heterocycles. The monoisotopic (exact) mass is 239 g/mol. The summed E-state index contributed by atoms with van der Waals surface area (Å²) in [5.74, 6) is 1.51. The predicted octanol–water partition coefficient (Wildman–Crippen LogP) is 1.43. The van der Waals surface area contributed by atoms with Gasteiger partial charge in [-0.05, 0) is 71.0 Å². The fourth-order valence-corrected chi connectivity index (χ4v) is 3.70. The molecule has 2 aliphatic rings. The molecule has 1 aliphatic carbocycles. The van der Waals surface area contributed by atoms with Gasteiger partial charge in [0, 0.05) is 18.6 Å². The molecule has 2 unspecified atom stereocenters. The lowest BCUT2D eigenvalue weighted by Gasteiger charge is -2.39. The van der Waals surface area contributed by atoms with Gasteiger partial charge in [-0.2, -0.15) is 0 Å². The maximum Gasteiger partial charge on any atom is 0.0108 e. The lowest BCUT2D eigenvalue weighted by Crippen LogP contribution is -2.47. The molecule has 2 atom stereocenters. The topological polar surface area (TPSA) is 41.3 Å². The van der Waals surface area contributed by atoms with Crippen molar-refractivity contribution >= 4 is 0 Å². The van der Waals surface area contributed by atoms with Crippen LogP contribution in [0.2, 0.25) is 0 Å². The molecule has 2 rings (SSSR count).